The Labute approximate surface area is 64.5 Å². The molecule has 5 nitrogen and oxygen atoms in total. The van der Waals surface area contributed by atoms with Gasteiger partial charge in [-0.3, -0.25) is 4.89 Å². The van der Waals surface area contributed by atoms with Crippen molar-refractivity contribution in [3.8, 4) is 0 Å². The molecule has 0 saturated heterocycles. The highest BCUT2D eigenvalue weighted by Gasteiger charge is 2.04. The van der Waals surface area contributed by atoms with Gasteiger partial charge in [0.2, 0.25) is 0 Å². The molecule has 66 valence electrons. The monoisotopic (exact) mass is 164 g/mol. The second kappa shape index (κ2) is 6.09. The van der Waals surface area contributed by atoms with Gasteiger partial charge in [0.15, 0.2) is 0 Å². The quantitative estimate of drug-likeness (QED) is 0.412. The Morgan fingerprint density at radius 2 is 2.27 bits per heavy atom. The molecule has 0 fully saturated rings. The van der Waals surface area contributed by atoms with Gasteiger partial charge in [-0.05, 0) is 0 Å². The molecule has 0 aromatic heterocycles. The molecule has 11 heavy (non-hydrogen) atoms. The average molecular weight is 164 g/mol. The van der Waals surface area contributed by atoms with E-state index >= 15 is 0 Å². The zero-order valence-electron chi connectivity index (χ0n) is 6.32. The maximum Gasteiger partial charge on any atom is 0.342 e. The van der Waals surface area contributed by atoms with Crippen LogP contribution in [-0.4, -0.2) is 35.5 Å². The second-order valence-corrected chi connectivity index (χ2v) is 1.93. The lowest BCUT2D eigenvalue weighted by Crippen LogP contribution is -2.20. The van der Waals surface area contributed by atoms with Crippen molar-refractivity contribution in [1.29, 1.82) is 0 Å². The summed E-state index contributed by atoms with van der Waals surface area (Å²) >= 11 is 0. The summed E-state index contributed by atoms with van der Waals surface area (Å²) in [5.41, 5.74) is 0. The fraction of sp³-hybridized carbons (Fsp3) is 0.833. The maximum atomic E-state index is 10.4. The molecule has 0 aromatic rings. The van der Waals surface area contributed by atoms with Crippen molar-refractivity contribution in [2.75, 3.05) is 13.2 Å². The van der Waals surface area contributed by atoms with E-state index in [2.05, 4.69) is 9.78 Å². The van der Waals surface area contributed by atoms with E-state index < -0.39 is 18.7 Å². The van der Waals surface area contributed by atoms with Crippen LogP contribution in [0.2, 0.25) is 0 Å². The van der Waals surface area contributed by atoms with Gasteiger partial charge in [0.05, 0.1) is 6.61 Å². The molecule has 0 rings (SSSR count). The molecule has 1 atom stereocenters. The molecule has 0 amide bonds. The average Bonchev–Trinajstić information content (AvgIpc) is 2.04. The number of aliphatic hydroxyl groups excluding tert-OH is 2. The van der Waals surface area contributed by atoms with Gasteiger partial charge in [0, 0.05) is 6.42 Å². The van der Waals surface area contributed by atoms with Gasteiger partial charge in [0.1, 0.15) is 12.7 Å². The number of carbonyl (C=O) groups is 1. The number of aliphatic hydroxyl groups is 2. The van der Waals surface area contributed by atoms with Gasteiger partial charge in [-0.2, -0.15) is 4.89 Å². The molecule has 0 aliphatic heterocycles. The first kappa shape index (κ1) is 10.3. The molecule has 0 aliphatic carbocycles. The topological polar surface area (TPSA) is 76.0 Å². The molecule has 0 aliphatic rings. The number of rotatable bonds is 5. The van der Waals surface area contributed by atoms with Crippen molar-refractivity contribution in [1.82, 2.24) is 0 Å². The van der Waals surface area contributed by atoms with Gasteiger partial charge in [-0.1, -0.05) is 6.92 Å². The molecule has 0 aromatic carbocycles. The summed E-state index contributed by atoms with van der Waals surface area (Å²) < 4.78 is 0. The van der Waals surface area contributed by atoms with E-state index in [1.54, 1.807) is 6.92 Å². The van der Waals surface area contributed by atoms with Gasteiger partial charge >= 0.3 is 5.97 Å². The van der Waals surface area contributed by atoms with Crippen LogP contribution in [-0.2, 0) is 14.6 Å². The summed E-state index contributed by atoms with van der Waals surface area (Å²) in [6.45, 7) is 1.00. The van der Waals surface area contributed by atoms with E-state index in [1.807, 2.05) is 0 Å². The summed E-state index contributed by atoms with van der Waals surface area (Å²) in [5.74, 6) is -0.505. The molecule has 0 unspecified atom stereocenters. The summed E-state index contributed by atoms with van der Waals surface area (Å²) in [7, 11) is 0. The van der Waals surface area contributed by atoms with Crippen LogP contribution in [0.15, 0.2) is 0 Å². The molecule has 0 spiro atoms. The predicted octanol–water partition coefficient (Wildman–Crippen LogP) is -0.776. The van der Waals surface area contributed by atoms with E-state index in [0.29, 0.717) is 0 Å². The molecular formula is C6H12O5. The summed E-state index contributed by atoms with van der Waals surface area (Å²) in [5, 5.41) is 17.0. The van der Waals surface area contributed by atoms with Crippen molar-refractivity contribution in [3.63, 3.8) is 0 Å². The number of carbonyl (C=O) groups excluding carboxylic acids is 1. The molecular weight excluding hydrogens is 152 g/mol. The van der Waals surface area contributed by atoms with Gasteiger partial charge in [0.25, 0.3) is 0 Å². The lowest BCUT2D eigenvalue weighted by Gasteiger charge is -2.05. The van der Waals surface area contributed by atoms with Crippen LogP contribution >= 0.6 is 0 Å². The Hall–Kier alpha value is -0.650. The third kappa shape index (κ3) is 5.78. The summed E-state index contributed by atoms with van der Waals surface area (Å²) in [4.78, 5) is 18.8. The SMILES string of the molecule is CCC(=O)OOC[C@H](O)CO. The van der Waals surface area contributed by atoms with E-state index in [-0.39, 0.29) is 13.0 Å². The second-order valence-electron chi connectivity index (χ2n) is 1.93. The Morgan fingerprint density at radius 3 is 2.73 bits per heavy atom. The maximum absolute atomic E-state index is 10.4. The minimum absolute atomic E-state index is 0.206. The zero-order chi connectivity index (χ0) is 8.69. The minimum atomic E-state index is -1.00. The predicted molar refractivity (Wildman–Crippen MR) is 35.4 cm³/mol. The van der Waals surface area contributed by atoms with Crippen LogP contribution in [0.1, 0.15) is 13.3 Å². The summed E-state index contributed by atoms with van der Waals surface area (Å²) in [6, 6.07) is 0. The minimum Gasteiger partial charge on any atom is -0.394 e. The van der Waals surface area contributed by atoms with Crippen molar-refractivity contribution in [2.45, 2.75) is 19.4 Å². The van der Waals surface area contributed by atoms with E-state index in [0.717, 1.165) is 0 Å². The van der Waals surface area contributed by atoms with Crippen LogP contribution in [0, 0.1) is 0 Å². The fourth-order valence-corrected chi connectivity index (χ4v) is 0.290. The van der Waals surface area contributed by atoms with Crippen LogP contribution in [0.5, 0.6) is 0 Å². The van der Waals surface area contributed by atoms with Crippen molar-refractivity contribution in [3.05, 3.63) is 0 Å². The molecule has 0 bridgehead atoms. The van der Waals surface area contributed by atoms with Gasteiger partial charge < -0.3 is 10.2 Å². The third-order valence-corrected chi connectivity index (χ3v) is 0.912. The zero-order valence-corrected chi connectivity index (χ0v) is 6.32. The fourth-order valence-electron chi connectivity index (χ4n) is 0.290. The van der Waals surface area contributed by atoms with Crippen LogP contribution < -0.4 is 0 Å². The lowest BCUT2D eigenvalue weighted by molar-refractivity contribution is -0.282. The number of hydrogen-bond acceptors (Lipinski definition) is 5. The van der Waals surface area contributed by atoms with Crippen molar-refractivity contribution >= 4 is 5.97 Å². The van der Waals surface area contributed by atoms with Crippen molar-refractivity contribution < 1.29 is 24.8 Å². The van der Waals surface area contributed by atoms with Crippen LogP contribution in [0.4, 0.5) is 0 Å². The van der Waals surface area contributed by atoms with Gasteiger partial charge in [-0.15, -0.1) is 0 Å². The number of hydrogen-bond donors (Lipinski definition) is 2. The Kier molecular flexibility index (Phi) is 5.73. The first-order chi connectivity index (χ1) is 5.20. The lowest BCUT2D eigenvalue weighted by atomic mass is 10.4. The molecule has 0 radical (unpaired) electrons. The largest absolute Gasteiger partial charge is 0.394 e. The summed E-state index contributed by atoms with van der Waals surface area (Å²) in [6.07, 6.45) is -0.783. The van der Waals surface area contributed by atoms with E-state index in [9.17, 15) is 4.79 Å². The smallest absolute Gasteiger partial charge is 0.342 e. The van der Waals surface area contributed by atoms with Gasteiger partial charge in [-0.25, -0.2) is 4.79 Å². The Bertz CT molecular complexity index is 114. The Balaban J connectivity index is 3.20. The molecule has 0 heterocycles. The van der Waals surface area contributed by atoms with E-state index in [4.69, 9.17) is 10.2 Å². The highest BCUT2D eigenvalue weighted by molar-refractivity contribution is 5.68. The standard InChI is InChI=1S/C6H12O5/c1-2-6(9)11-10-4-5(8)3-7/h5,7-8H,2-4H2,1H3/t5-/m1/s1. The van der Waals surface area contributed by atoms with Crippen LogP contribution in [0.3, 0.4) is 0 Å². The Morgan fingerprint density at radius 1 is 1.64 bits per heavy atom. The first-order valence-electron chi connectivity index (χ1n) is 3.32. The molecule has 5 heteroatoms. The van der Waals surface area contributed by atoms with Crippen molar-refractivity contribution in [2.24, 2.45) is 0 Å². The normalized spacial score (nSPS) is 12.6. The highest BCUT2D eigenvalue weighted by atomic mass is 17.2. The van der Waals surface area contributed by atoms with Crippen LogP contribution in [0.25, 0.3) is 0 Å². The van der Waals surface area contributed by atoms with E-state index in [1.165, 1.54) is 0 Å². The molecule has 2 N–H and O–H groups in total. The highest BCUT2D eigenvalue weighted by Crippen LogP contribution is 1.88. The third-order valence-electron chi connectivity index (χ3n) is 0.912. The molecule has 0 saturated carbocycles. The first-order valence-corrected chi connectivity index (χ1v) is 3.32.